The van der Waals surface area contributed by atoms with E-state index in [9.17, 15) is 0 Å². The molecule has 0 fully saturated rings. The maximum atomic E-state index is 5.24. The molecule has 1 aromatic heterocycles. The van der Waals surface area contributed by atoms with Crippen LogP contribution in [0.2, 0.25) is 0 Å². The minimum atomic E-state index is -0.465. The molecule has 1 spiro atoms. The summed E-state index contributed by atoms with van der Waals surface area (Å²) in [4.78, 5) is 18.3. The van der Waals surface area contributed by atoms with Gasteiger partial charge < -0.3 is 0 Å². The van der Waals surface area contributed by atoms with Crippen LogP contribution in [0.5, 0.6) is 0 Å². The molecule has 65 heavy (non-hydrogen) atoms. The van der Waals surface area contributed by atoms with Gasteiger partial charge in [-0.2, -0.15) is 0 Å². The third kappa shape index (κ3) is 6.47. The molecule has 308 valence electrons. The SMILES string of the molecule is CC1(C)c2ccccc2C2(c3ccccc3Sc3ccccc32)c2ccc(-c3cccc(-c4nc(-c5cccc(-c6ccccc6)c5)nc(-c5cccc(-c6ccccc6)c5)n4)c3)cc21. The molecule has 9 aromatic carbocycles. The second-order valence-corrected chi connectivity index (χ2v) is 18.6. The molecule has 2 heterocycles. The molecular formula is C61H43N3S. The quantitative estimate of drug-likeness (QED) is 0.167. The van der Waals surface area contributed by atoms with Gasteiger partial charge in [-0.15, -0.1) is 0 Å². The largest absolute Gasteiger partial charge is 0.208 e. The van der Waals surface area contributed by atoms with E-state index in [0.29, 0.717) is 17.5 Å². The second-order valence-electron chi connectivity index (χ2n) is 17.6. The van der Waals surface area contributed by atoms with Crippen LogP contribution in [-0.4, -0.2) is 15.0 Å². The van der Waals surface area contributed by atoms with Gasteiger partial charge in [0.15, 0.2) is 17.5 Å². The topological polar surface area (TPSA) is 38.7 Å². The summed E-state index contributed by atoms with van der Waals surface area (Å²) in [7, 11) is 0. The van der Waals surface area contributed by atoms with Crippen molar-refractivity contribution in [1.29, 1.82) is 0 Å². The predicted octanol–water partition coefficient (Wildman–Crippen LogP) is 15.4. The lowest BCUT2D eigenvalue weighted by atomic mass is 9.54. The number of hydrogen-bond donors (Lipinski definition) is 0. The molecule has 0 bridgehead atoms. The fraction of sp³-hybridized carbons (Fsp3) is 0.0656. The van der Waals surface area contributed by atoms with Gasteiger partial charge in [-0.1, -0.05) is 214 Å². The molecule has 0 radical (unpaired) electrons. The normalized spacial score (nSPS) is 13.9. The zero-order chi connectivity index (χ0) is 43.5. The zero-order valence-electron chi connectivity index (χ0n) is 36.1. The lowest BCUT2D eigenvalue weighted by Gasteiger charge is -2.50. The molecule has 10 aromatic rings. The van der Waals surface area contributed by atoms with Crippen molar-refractivity contribution < 1.29 is 0 Å². The third-order valence-corrected chi connectivity index (χ3v) is 14.6. The van der Waals surface area contributed by atoms with E-state index >= 15 is 0 Å². The molecule has 0 N–H and O–H groups in total. The number of rotatable bonds is 6. The van der Waals surface area contributed by atoms with Crippen molar-refractivity contribution in [3.05, 3.63) is 258 Å². The monoisotopic (exact) mass is 849 g/mol. The van der Waals surface area contributed by atoms with E-state index in [2.05, 4.69) is 226 Å². The summed E-state index contributed by atoms with van der Waals surface area (Å²) in [5.74, 6) is 1.88. The highest BCUT2D eigenvalue weighted by Crippen LogP contribution is 2.61. The summed E-state index contributed by atoms with van der Waals surface area (Å²) in [6.45, 7) is 4.78. The van der Waals surface area contributed by atoms with Gasteiger partial charge in [-0.05, 0) is 103 Å². The van der Waals surface area contributed by atoms with Gasteiger partial charge in [0.25, 0.3) is 0 Å². The minimum Gasteiger partial charge on any atom is -0.208 e. The Labute approximate surface area is 384 Å². The maximum absolute atomic E-state index is 5.24. The molecule has 0 unspecified atom stereocenters. The lowest BCUT2D eigenvalue weighted by Crippen LogP contribution is -2.43. The molecule has 0 saturated heterocycles. The summed E-state index contributed by atoms with van der Waals surface area (Å²) in [5.41, 5.74) is 16.9. The fourth-order valence-corrected chi connectivity index (χ4v) is 11.5. The smallest absolute Gasteiger partial charge is 0.164 e. The van der Waals surface area contributed by atoms with E-state index in [-0.39, 0.29) is 5.41 Å². The van der Waals surface area contributed by atoms with Crippen molar-refractivity contribution in [2.24, 2.45) is 0 Å². The Balaban J connectivity index is 1.02. The van der Waals surface area contributed by atoms with Crippen molar-refractivity contribution in [3.8, 4) is 67.5 Å². The van der Waals surface area contributed by atoms with E-state index in [1.165, 1.54) is 43.2 Å². The maximum Gasteiger partial charge on any atom is 0.164 e. The van der Waals surface area contributed by atoms with Crippen LogP contribution >= 0.6 is 11.8 Å². The molecule has 0 amide bonds. The van der Waals surface area contributed by atoms with E-state index in [1.54, 1.807) is 0 Å². The minimum absolute atomic E-state index is 0.264. The Morgan fingerprint density at radius 2 is 0.631 bits per heavy atom. The number of benzene rings is 9. The van der Waals surface area contributed by atoms with Crippen molar-refractivity contribution in [3.63, 3.8) is 0 Å². The highest BCUT2D eigenvalue weighted by Gasteiger charge is 2.52. The van der Waals surface area contributed by atoms with E-state index < -0.39 is 5.41 Å². The van der Waals surface area contributed by atoms with Crippen LogP contribution < -0.4 is 0 Å². The van der Waals surface area contributed by atoms with Crippen LogP contribution in [0.1, 0.15) is 47.2 Å². The highest BCUT2D eigenvalue weighted by molar-refractivity contribution is 7.99. The standard InChI is InChI=1S/C61H43N3S/c1-60(2)49-28-9-10-29-50(49)61(52-30-11-13-32-55(52)65-56-33-14-12-31-53(56)61)51-35-34-45(39-54(51)60)44-24-17-27-48(38-44)59-63-57(46-25-15-22-42(36-46)40-18-5-3-6-19-40)62-58(64-59)47-26-16-23-43(37-47)41-20-7-4-8-21-41/h3-39H,1-2H3. The van der Waals surface area contributed by atoms with Crippen LogP contribution in [0.25, 0.3) is 67.5 Å². The van der Waals surface area contributed by atoms with E-state index in [1.807, 2.05) is 23.9 Å². The van der Waals surface area contributed by atoms with Crippen LogP contribution in [0, 0.1) is 0 Å². The first-order chi connectivity index (χ1) is 31.9. The van der Waals surface area contributed by atoms with Gasteiger partial charge in [0, 0.05) is 31.9 Å². The molecule has 4 heteroatoms. The first kappa shape index (κ1) is 39.0. The number of nitrogens with zero attached hydrogens (tertiary/aromatic N) is 3. The Kier molecular flexibility index (Phi) is 9.32. The summed E-state index contributed by atoms with van der Waals surface area (Å²) in [6, 6.07) is 81.0. The van der Waals surface area contributed by atoms with Crippen LogP contribution in [-0.2, 0) is 10.8 Å². The molecule has 1 aliphatic heterocycles. The van der Waals surface area contributed by atoms with Crippen molar-refractivity contribution in [1.82, 2.24) is 15.0 Å². The second kappa shape index (κ2) is 15.5. The van der Waals surface area contributed by atoms with Gasteiger partial charge in [-0.25, -0.2) is 15.0 Å². The first-order valence-electron chi connectivity index (χ1n) is 22.3. The molecular weight excluding hydrogens is 807 g/mol. The summed E-state index contributed by atoms with van der Waals surface area (Å²) >= 11 is 1.88. The summed E-state index contributed by atoms with van der Waals surface area (Å²) in [5, 5.41) is 0. The summed E-state index contributed by atoms with van der Waals surface area (Å²) in [6.07, 6.45) is 0. The van der Waals surface area contributed by atoms with Crippen molar-refractivity contribution in [2.45, 2.75) is 34.5 Å². The number of fused-ring (bicyclic) bond motifs is 8. The van der Waals surface area contributed by atoms with Gasteiger partial charge in [0.2, 0.25) is 0 Å². The fourth-order valence-electron chi connectivity index (χ4n) is 10.3. The molecule has 3 nitrogen and oxygen atoms in total. The number of hydrogen-bond acceptors (Lipinski definition) is 4. The first-order valence-corrected chi connectivity index (χ1v) is 23.1. The molecule has 12 rings (SSSR count). The van der Waals surface area contributed by atoms with E-state index in [4.69, 9.17) is 15.0 Å². The lowest BCUT2D eigenvalue weighted by molar-refractivity contribution is 0.549. The molecule has 2 aliphatic rings. The summed E-state index contributed by atoms with van der Waals surface area (Å²) < 4.78 is 0. The van der Waals surface area contributed by atoms with Crippen molar-refractivity contribution in [2.75, 3.05) is 0 Å². The van der Waals surface area contributed by atoms with Crippen molar-refractivity contribution >= 4 is 11.8 Å². The average molecular weight is 850 g/mol. The molecule has 0 atom stereocenters. The Morgan fingerprint density at radius 1 is 0.277 bits per heavy atom. The highest BCUT2D eigenvalue weighted by atomic mass is 32.2. The molecule has 0 saturated carbocycles. The molecule has 1 aliphatic carbocycles. The van der Waals surface area contributed by atoms with Gasteiger partial charge in [0.05, 0.1) is 5.41 Å². The number of aromatic nitrogens is 3. The van der Waals surface area contributed by atoms with E-state index in [0.717, 1.165) is 50.1 Å². The van der Waals surface area contributed by atoms with Gasteiger partial charge in [-0.3, -0.25) is 0 Å². The Hall–Kier alpha value is -7.66. The zero-order valence-corrected chi connectivity index (χ0v) is 36.9. The van der Waals surface area contributed by atoms with Gasteiger partial charge in [0.1, 0.15) is 0 Å². The van der Waals surface area contributed by atoms with Crippen LogP contribution in [0.15, 0.2) is 234 Å². The Bertz CT molecular complexity index is 3300. The predicted molar refractivity (Wildman–Crippen MR) is 267 cm³/mol. The van der Waals surface area contributed by atoms with Gasteiger partial charge >= 0.3 is 0 Å². The third-order valence-electron chi connectivity index (χ3n) is 13.4. The average Bonchev–Trinajstić information content (AvgIpc) is 3.38. The Morgan fingerprint density at radius 3 is 1.12 bits per heavy atom. The van der Waals surface area contributed by atoms with Crippen LogP contribution in [0.4, 0.5) is 0 Å². The van der Waals surface area contributed by atoms with Crippen LogP contribution in [0.3, 0.4) is 0 Å².